The van der Waals surface area contributed by atoms with Crippen molar-refractivity contribution in [1.29, 1.82) is 5.26 Å². The number of nitrogens with zero attached hydrogens (tertiary/aromatic N) is 3. The lowest BCUT2D eigenvalue weighted by molar-refractivity contribution is -0.137. The summed E-state index contributed by atoms with van der Waals surface area (Å²) in [5.41, 5.74) is 2.90. The van der Waals surface area contributed by atoms with Gasteiger partial charge in [0.1, 0.15) is 17.3 Å². The van der Waals surface area contributed by atoms with E-state index in [1.54, 1.807) is 23.2 Å². The first-order chi connectivity index (χ1) is 13.6. The van der Waals surface area contributed by atoms with Gasteiger partial charge in [0, 0.05) is 6.54 Å². The number of benzene rings is 2. The predicted octanol–water partition coefficient (Wildman–Crippen LogP) is 4.22. The highest BCUT2D eigenvalue weighted by molar-refractivity contribution is 5.89. The second-order valence-corrected chi connectivity index (χ2v) is 7.35. The number of fused-ring (bicyclic) bond motifs is 1. The zero-order valence-corrected chi connectivity index (χ0v) is 14.9. The number of hydrogen-bond donors (Lipinski definition) is 0. The molecule has 1 amide bonds. The number of hydrogen-bond acceptors (Lipinski definition) is 4. The number of carbonyl (C=O) groups excluding carboxylic acids is 1. The summed E-state index contributed by atoms with van der Waals surface area (Å²) >= 11 is 0. The molecule has 1 aliphatic heterocycles. The molecule has 0 radical (unpaired) electrons. The molecule has 0 saturated heterocycles. The van der Waals surface area contributed by atoms with Gasteiger partial charge in [-0.2, -0.15) is 5.26 Å². The van der Waals surface area contributed by atoms with Crippen molar-refractivity contribution in [3.05, 3.63) is 77.8 Å². The van der Waals surface area contributed by atoms with Gasteiger partial charge < -0.3 is 9.32 Å². The van der Waals surface area contributed by atoms with Crippen LogP contribution in [-0.2, 0) is 11.3 Å². The maximum atomic E-state index is 13.2. The fourth-order valence-corrected chi connectivity index (χ4v) is 3.90. The van der Waals surface area contributed by atoms with Crippen LogP contribution in [0.15, 0.2) is 59.5 Å². The minimum absolute atomic E-state index is 0.157. The van der Waals surface area contributed by atoms with Gasteiger partial charge in [0.15, 0.2) is 12.2 Å². The summed E-state index contributed by atoms with van der Waals surface area (Å²) in [5.74, 6) is 0.143. The first-order valence-corrected chi connectivity index (χ1v) is 9.11. The molecule has 0 unspecified atom stereocenters. The molecule has 2 heterocycles. The molecular weight excluding hydrogens is 357 g/mol. The van der Waals surface area contributed by atoms with Crippen LogP contribution in [0, 0.1) is 22.6 Å². The number of halogens is 1. The predicted molar refractivity (Wildman–Crippen MR) is 98.0 cm³/mol. The lowest BCUT2D eigenvalue weighted by Crippen LogP contribution is -2.35. The fraction of sp³-hybridized carbons (Fsp3) is 0.227. The van der Waals surface area contributed by atoms with Crippen LogP contribution in [0.5, 0.6) is 0 Å². The van der Waals surface area contributed by atoms with Crippen molar-refractivity contribution in [3.63, 3.8) is 0 Å². The largest absolute Gasteiger partial charge is 0.446 e. The number of amides is 1. The lowest BCUT2D eigenvalue weighted by atomic mass is 9.97. The minimum Gasteiger partial charge on any atom is -0.446 e. The molecule has 0 spiro atoms. The number of oxazole rings is 1. The summed E-state index contributed by atoms with van der Waals surface area (Å²) < 4.78 is 18.8. The van der Waals surface area contributed by atoms with Gasteiger partial charge in [-0.05, 0) is 53.3 Å². The molecule has 2 aromatic carbocycles. The Kier molecular flexibility index (Phi) is 3.59. The quantitative estimate of drug-likeness (QED) is 0.689. The van der Waals surface area contributed by atoms with Crippen molar-refractivity contribution in [3.8, 4) is 17.2 Å². The van der Waals surface area contributed by atoms with Gasteiger partial charge in [-0.15, -0.1) is 0 Å². The van der Waals surface area contributed by atoms with Crippen molar-refractivity contribution in [1.82, 2.24) is 9.88 Å². The van der Waals surface area contributed by atoms with E-state index in [2.05, 4.69) is 11.1 Å². The normalized spacial score (nSPS) is 19.1. The van der Waals surface area contributed by atoms with Crippen LogP contribution >= 0.6 is 0 Å². The van der Waals surface area contributed by atoms with E-state index in [1.165, 1.54) is 18.5 Å². The third kappa shape index (κ3) is 2.51. The maximum Gasteiger partial charge on any atom is 0.244 e. The molecule has 1 aromatic heterocycles. The van der Waals surface area contributed by atoms with Gasteiger partial charge in [-0.25, -0.2) is 9.37 Å². The topological polar surface area (TPSA) is 70.1 Å². The van der Waals surface area contributed by atoms with Crippen LogP contribution in [-0.4, -0.2) is 15.8 Å². The molecule has 1 saturated carbocycles. The summed E-state index contributed by atoms with van der Waals surface area (Å²) in [6.45, 7) is 0.401. The first-order valence-electron chi connectivity index (χ1n) is 9.11. The molecule has 1 atom stereocenters. The van der Waals surface area contributed by atoms with Crippen molar-refractivity contribution in [2.24, 2.45) is 5.41 Å². The highest BCUT2D eigenvalue weighted by Gasteiger charge is 2.55. The molecule has 5 rings (SSSR count). The standard InChI is InChI=1S/C22H16FN3O2/c23-17-4-1-14(2-5-17)15-3-6-18-16(9-15)11-26(20(18)19-10-25-13-28-19)21(27)22(12-24)7-8-22/h1-6,9-10,13,20H,7-8,11H2/t20-/m0/s1. The fourth-order valence-electron chi connectivity index (χ4n) is 3.90. The third-order valence-electron chi connectivity index (χ3n) is 5.62. The zero-order valence-electron chi connectivity index (χ0n) is 14.9. The van der Waals surface area contributed by atoms with Gasteiger partial charge in [0.25, 0.3) is 0 Å². The molecule has 0 bridgehead atoms. The average Bonchev–Trinajstić information content (AvgIpc) is 3.16. The van der Waals surface area contributed by atoms with Gasteiger partial charge in [-0.1, -0.05) is 24.3 Å². The molecular formula is C22H16FN3O2. The highest BCUT2D eigenvalue weighted by atomic mass is 19.1. The van der Waals surface area contributed by atoms with Crippen LogP contribution in [0.1, 0.15) is 35.8 Å². The monoisotopic (exact) mass is 373 g/mol. The minimum atomic E-state index is -0.903. The Morgan fingerprint density at radius 2 is 1.96 bits per heavy atom. The van der Waals surface area contributed by atoms with E-state index >= 15 is 0 Å². The van der Waals surface area contributed by atoms with Gasteiger partial charge in [-0.3, -0.25) is 4.79 Å². The van der Waals surface area contributed by atoms with E-state index in [9.17, 15) is 14.4 Å². The molecule has 6 heteroatoms. The Hall–Kier alpha value is -3.46. The van der Waals surface area contributed by atoms with E-state index in [4.69, 9.17) is 4.42 Å². The lowest BCUT2D eigenvalue weighted by Gasteiger charge is -2.25. The first kappa shape index (κ1) is 16.7. The molecule has 0 N–H and O–H groups in total. The van der Waals surface area contributed by atoms with E-state index in [0.717, 1.165) is 22.3 Å². The summed E-state index contributed by atoms with van der Waals surface area (Å²) in [6, 6.07) is 14.1. The Balaban J connectivity index is 1.56. The van der Waals surface area contributed by atoms with Crippen molar-refractivity contribution in [2.75, 3.05) is 0 Å². The Bertz CT molecular complexity index is 1100. The van der Waals surface area contributed by atoms with E-state index in [-0.39, 0.29) is 11.7 Å². The van der Waals surface area contributed by atoms with Gasteiger partial charge in [0.05, 0.1) is 12.3 Å². The summed E-state index contributed by atoms with van der Waals surface area (Å²) in [6.07, 6.45) is 4.15. The van der Waals surface area contributed by atoms with Crippen LogP contribution in [0.4, 0.5) is 4.39 Å². The van der Waals surface area contributed by atoms with E-state index in [1.807, 2.05) is 18.2 Å². The Morgan fingerprint density at radius 3 is 2.61 bits per heavy atom. The van der Waals surface area contributed by atoms with E-state index in [0.29, 0.717) is 25.1 Å². The Labute approximate surface area is 161 Å². The molecule has 1 aliphatic carbocycles. The number of aromatic nitrogens is 1. The summed E-state index contributed by atoms with van der Waals surface area (Å²) in [5, 5.41) is 9.47. The van der Waals surface area contributed by atoms with Crippen LogP contribution in [0.3, 0.4) is 0 Å². The van der Waals surface area contributed by atoms with Crippen molar-refractivity contribution < 1.29 is 13.6 Å². The second kappa shape index (κ2) is 6.03. The smallest absolute Gasteiger partial charge is 0.244 e. The summed E-state index contributed by atoms with van der Waals surface area (Å²) in [7, 11) is 0. The van der Waals surface area contributed by atoms with Crippen molar-refractivity contribution in [2.45, 2.75) is 25.4 Å². The highest BCUT2D eigenvalue weighted by Crippen LogP contribution is 2.50. The Morgan fingerprint density at radius 1 is 1.21 bits per heavy atom. The maximum absolute atomic E-state index is 13.2. The summed E-state index contributed by atoms with van der Waals surface area (Å²) in [4.78, 5) is 18.8. The molecule has 2 aliphatic rings. The number of rotatable bonds is 3. The molecule has 28 heavy (non-hydrogen) atoms. The molecule has 1 fully saturated rings. The average molecular weight is 373 g/mol. The van der Waals surface area contributed by atoms with Gasteiger partial charge >= 0.3 is 0 Å². The molecule has 3 aromatic rings. The molecule has 5 nitrogen and oxygen atoms in total. The SMILES string of the molecule is N#CC1(C(=O)N2Cc3cc(-c4ccc(F)cc4)ccc3[C@H]2c2cnco2)CC1. The number of nitriles is 1. The van der Waals surface area contributed by atoms with Crippen molar-refractivity contribution >= 4 is 5.91 Å². The van der Waals surface area contributed by atoms with Crippen LogP contribution in [0.2, 0.25) is 0 Å². The van der Waals surface area contributed by atoms with Gasteiger partial charge in [0.2, 0.25) is 5.91 Å². The van der Waals surface area contributed by atoms with E-state index < -0.39 is 11.5 Å². The van der Waals surface area contributed by atoms with Crippen LogP contribution in [0.25, 0.3) is 11.1 Å². The zero-order chi connectivity index (χ0) is 19.3. The number of carbonyl (C=O) groups is 1. The second-order valence-electron chi connectivity index (χ2n) is 7.35. The van der Waals surface area contributed by atoms with Crippen LogP contribution < -0.4 is 0 Å². The molecule has 138 valence electrons. The third-order valence-corrected chi connectivity index (χ3v) is 5.62.